The van der Waals surface area contributed by atoms with Crippen molar-refractivity contribution in [2.45, 2.75) is 66.3 Å². The van der Waals surface area contributed by atoms with Crippen LogP contribution in [0.25, 0.3) is 0 Å². The van der Waals surface area contributed by atoms with E-state index in [1.54, 1.807) is 0 Å². The molecule has 3 heteroatoms. The first-order chi connectivity index (χ1) is 8.41. The number of nitrogens with one attached hydrogen (secondary N) is 2. The van der Waals surface area contributed by atoms with Crippen molar-refractivity contribution in [1.29, 1.82) is 0 Å². The lowest BCUT2D eigenvalue weighted by Crippen LogP contribution is -2.38. The number of rotatable bonds is 10. The van der Waals surface area contributed by atoms with E-state index >= 15 is 0 Å². The number of amides is 1. The van der Waals surface area contributed by atoms with Gasteiger partial charge in [-0.3, -0.25) is 4.79 Å². The maximum absolute atomic E-state index is 11.5. The van der Waals surface area contributed by atoms with Gasteiger partial charge in [-0.15, -0.1) is 0 Å². The average Bonchev–Trinajstić information content (AvgIpc) is 2.25. The van der Waals surface area contributed by atoms with Gasteiger partial charge in [-0.1, -0.05) is 40.5 Å². The van der Waals surface area contributed by atoms with Crippen LogP contribution in [-0.2, 0) is 4.79 Å². The van der Waals surface area contributed by atoms with Crippen LogP contribution in [0.1, 0.15) is 60.3 Å². The first kappa shape index (κ1) is 17.4. The molecule has 0 fully saturated rings. The van der Waals surface area contributed by atoms with E-state index in [0.29, 0.717) is 18.5 Å². The summed E-state index contributed by atoms with van der Waals surface area (Å²) in [6, 6.07) is 0.430. The summed E-state index contributed by atoms with van der Waals surface area (Å²) in [6.45, 7) is 12.2. The quantitative estimate of drug-likeness (QED) is 0.631. The summed E-state index contributed by atoms with van der Waals surface area (Å²) in [5, 5.41) is 6.22. The van der Waals surface area contributed by atoms with Gasteiger partial charge in [0.05, 0.1) is 6.54 Å². The van der Waals surface area contributed by atoms with E-state index < -0.39 is 0 Å². The molecule has 0 spiro atoms. The molecule has 1 unspecified atom stereocenters. The van der Waals surface area contributed by atoms with Gasteiger partial charge in [0.15, 0.2) is 0 Å². The van der Waals surface area contributed by atoms with Crippen molar-refractivity contribution >= 4 is 5.91 Å². The lowest BCUT2D eigenvalue weighted by molar-refractivity contribution is -0.120. The third-order valence-corrected chi connectivity index (χ3v) is 3.07. The van der Waals surface area contributed by atoms with E-state index in [0.717, 1.165) is 25.3 Å². The second kappa shape index (κ2) is 10.4. The zero-order chi connectivity index (χ0) is 14.0. The Morgan fingerprint density at radius 1 is 0.944 bits per heavy atom. The molecule has 0 aromatic carbocycles. The summed E-state index contributed by atoms with van der Waals surface area (Å²) < 4.78 is 0. The largest absolute Gasteiger partial charge is 0.355 e. The van der Waals surface area contributed by atoms with Crippen molar-refractivity contribution < 1.29 is 4.79 Å². The highest BCUT2D eigenvalue weighted by Gasteiger charge is 2.06. The molecule has 2 N–H and O–H groups in total. The highest BCUT2D eigenvalue weighted by molar-refractivity contribution is 5.77. The maximum Gasteiger partial charge on any atom is 0.233 e. The van der Waals surface area contributed by atoms with Crippen LogP contribution in [0.5, 0.6) is 0 Å². The lowest BCUT2D eigenvalue weighted by Gasteiger charge is -2.14. The van der Waals surface area contributed by atoms with E-state index in [-0.39, 0.29) is 5.91 Å². The van der Waals surface area contributed by atoms with Crippen LogP contribution < -0.4 is 10.6 Å². The highest BCUT2D eigenvalue weighted by Crippen LogP contribution is 2.07. The molecule has 1 atom stereocenters. The van der Waals surface area contributed by atoms with Gasteiger partial charge in [0.25, 0.3) is 0 Å². The lowest BCUT2D eigenvalue weighted by atomic mass is 10.0. The Kier molecular flexibility index (Phi) is 10.0. The summed E-state index contributed by atoms with van der Waals surface area (Å²) >= 11 is 0. The van der Waals surface area contributed by atoms with E-state index in [1.165, 1.54) is 12.8 Å². The molecule has 0 radical (unpaired) electrons. The molecule has 0 aromatic heterocycles. The third kappa shape index (κ3) is 11.9. The highest BCUT2D eigenvalue weighted by atomic mass is 16.1. The first-order valence-electron chi connectivity index (χ1n) is 7.41. The Balaban J connectivity index is 3.47. The number of hydrogen-bond donors (Lipinski definition) is 2. The second-order valence-corrected chi connectivity index (χ2v) is 6.14. The van der Waals surface area contributed by atoms with Crippen molar-refractivity contribution in [1.82, 2.24) is 10.6 Å². The molecule has 0 bridgehead atoms. The minimum Gasteiger partial charge on any atom is -0.355 e. The summed E-state index contributed by atoms with van der Waals surface area (Å²) in [7, 11) is 0. The van der Waals surface area contributed by atoms with Crippen LogP contribution in [0.4, 0.5) is 0 Å². The predicted octanol–water partition coefficient (Wildman–Crippen LogP) is 2.95. The predicted molar refractivity (Wildman–Crippen MR) is 78.6 cm³/mol. The molecule has 0 aliphatic rings. The first-order valence-corrected chi connectivity index (χ1v) is 7.41. The van der Waals surface area contributed by atoms with Crippen molar-refractivity contribution in [2.75, 3.05) is 13.1 Å². The van der Waals surface area contributed by atoms with E-state index in [2.05, 4.69) is 45.3 Å². The Hall–Kier alpha value is -0.570. The fourth-order valence-electron chi connectivity index (χ4n) is 1.76. The molecule has 0 saturated heterocycles. The topological polar surface area (TPSA) is 41.1 Å². The molecule has 0 aliphatic heterocycles. The van der Waals surface area contributed by atoms with Crippen molar-refractivity contribution in [3.05, 3.63) is 0 Å². The molecule has 0 aromatic rings. The third-order valence-electron chi connectivity index (χ3n) is 3.07. The molecule has 0 rings (SSSR count). The van der Waals surface area contributed by atoms with Gasteiger partial charge in [-0.2, -0.15) is 0 Å². The second-order valence-electron chi connectivity index (χ2n) is 6.14. The zero-order valence-electron chi connectivity index (χ0n) is 12.9. The van der Waals surface area contributed by atoms with Crippen LogP contribution in [0.3, 0.4) is 0 Å². The Labute approximate surface area is 113 Å². The van der Waals surface area contributed by atoms with Crippen molar-refractivity contribution in [3.63, 3.8) is 0 Å². The number of carbonyl (C=O) groups is 1. The van der Waals surface area contributed by atoms with Gasteiger partial charge in [0.2, 0.25) is 5.91 Å². The van der Waals surface area contributed by atoms with Crippen LogP contribution >= 0.6 is 0 Å². The minimum atomic E-state index is 0.117. The van der Waals surface area contributed by atoms with E-state index in [4.69, 9.17) is 0 Å². The monoisotopic (exact) mass is 256 g/mol. The van der Waals surface area contributed by atoms with Gasteiger partial charge in [0, 0.05) is 12.6 Å². The maximum atomic E-state index is 11.5. The van der Waals surface area contributed by atoms with Crippen molar-refractivity contribution in [3.8, 4) is 0 Å². The Morgan fingerprint density at radius 3 is 2.11 bits per heavy atom. The van der Waals surface area contributed by atoms with E-state index in [9.17, 15) is 4.79 Å². The smallest absolute Gasteiger partial charge is 0.233 e. The molecule has 0 saturated carbocycles. The number of carbonyl (C=O) groups excluding carboxylic acids is 1. The molecule has 18 heavy (non-hydrogen) atoms. The van der Waals surface area contributed by atoms with Gasteiger partial charge in [0.1, 0.15) is 0 Å². The summed E-state index contributed by atoms with van der Waals surface area (Å²) in [5.74, 6) is 1.54. The average molecular weight is 256 g/mol. The Bertz CT molecular complexity index is 215. The normalized spacial score (nSPS) is 13.1. The molecule has 0 heterocycles. The van der Waals surface area contributed by atoms with Gasteiger partial charge in [-0.05, 0) is 31.6 Å². The van der Waals surface area contributed by atoms with Gasteiger partial charge < -0.3 is 10.6 Å². The van der Waals surface area contributed by atoms with E-state index in [1.807, 2.05) is 0 Å². The van der Waals surface area contributed by atoms with Crippen LogP contribution in [0, 0.1) is 11.8 Å². The fraction of sp³-hybridized carbons (Fsp3) is 0.933. The molecule has 108 valence electrons. The Morgan fingerprint density at radius 2 is 1.56 bits per heavy atom. The summed E-state index contributed by atoms with van der Waals surface area (Å²) in [4.78, 5) is 11.5. The summed E-state index contributed by atoms with van der Waals surface area (Å²) in [5.41, 5.74) is 0. The van der Waals surface area contributed by atoms with Crippen LogP contribution in [-0.4, -0.2) is 25.0 Å². The SMILES string of the molecule is CC(C)CCCC(C)NCC(=O)NCCC(C)C. The fourth-order valence-corrected chi connectivity index (χ4v) is 1.76. The van der Waals surface area contributed by atoms with Crippen molar-refractivity contribution in [2.24, 2.45) is 11.8 Å². The van der Waals surface area contributed by atoms with Gasteiger partial charge >= 0.3 is 0 Å². The minimum absolute atomic E-state index is 0.117. The zero-order valence-corrected chi connectivity index (χ0v) is 12.9. The molecule has 1 amide bonds. The molecule has 3 nitrogen and oxygen atoms in total. The molecular weight excluding hydrogens is 224 g/mol. The van der Waals surface area contributed by atoms with Crippen LogP contribution in [0.2, 0.25) is 0 Å². The van der Waals surface area contributed by atoms with Crippen LogP contribution in [0.15, 0.2) is 0 Å². The number of hydrogen-bond acceptors (Lipinski definition) is 2. The van der Waals surface area contributed by atoms with Gasteiger partial charge in [-0.25, -0.2) is 0 Å². The summed E-state index contributed by atoms with van der Waals surface area (Å²) in [6.07, 6.45) is 4.71. The molecule has 0 aliphatic carbocycles. The molecular formula is C15H32N2O. The standard InChI is InChI=1S/C15H32N2O/c1-12(2)7-6-8-14(5)17-11-15(18)16-10-9-13(3)4/h12-14,17H,6-11H2,1-5H3,(H,16,18).